The van der Waals surface area contributed by atoms with Crippen molar-refractivity contribution in [3.63, 3.8) is 0 Å². The molecule has 1 aliphatic heterocycles. The van der Waals surface area contributed by atoms with Gasteiger partial charge in [-0.1, -0.05) is 34.6 Å². The van der Waals surface area contributed by atoms with E-state index >= 15 is 0 Å². The van der Waals surface area contributed by atoms with Crippen LogP contribution in [0.25, 0.3) is 0 Å². The molecular formula is C20H36N4O3. The van der Waals surface area contributed by atoms with Gasteiger partial charge in [-0.3, -0.25) is 14.5 Å². The van der Waals surface area contributed by atoms with E-state index in [2.05, 4.69) is 26.1 Å². The zero-order valence-electron chi connectivity index (χ0n) is 17.7. The average molecular weight is 381 g/mol. The van der Waals surface area contributed by atoms with E-state index in [0.29, 0.717) is 37.6 Å². The molecule has 7 heteroatoms. The Bertz CT molecular complexity index is 604. The van der Waals surface area contributed by atoms with Crippen LogP contribution in [0.4, 0.5) is 4.79 Å². The maximum Gasteiger partial charge on any atom is 0.325 e. The number of amides is 4. The fourth-order valence-electron chi connectivity index (χ4n) is 4.71. The second kappa shape index (κ2) is 7.78. The summed E-state index contributed by atoms with van der Waals surface area (Å²) in [6.45, 7) is 10.8. The first-order valence-electron chi connectivity index (χ1n) is 10.0. The van der Waals surface area contributed by atoms with Crippen molar-refractivity contribution in [2.24, 2.45) is 23.0 Å². The van der Waals surface area contributed by atoms with Crippen LogP contribution < -0.4 is 11.1 Å². The lowest BCUT2D eigenvalue weighted by molar-refractivity contribution is -0.140. The molecule has 2 fully saturated rings. The summed E-state index contributed by atoms with van der Waals surface area (Å²) in [5.41, 5.74) is 5.15. The molecule has 3 atom stereocenters. The number of urea groups is 1. The summed E-state index contributed by atoms with van der Waals surface area (Å²) in [7, 11) is 1.69. The van der Waals surface area contributed by atoms with Gasteiger partial charge in [0.25, 0.3) is 5.91 Å². The highest BCUT2D eigenvalue weighted by atomic mass is 16.2. The molecule has 2 aliphatic rings. The molecule has 1 saturated carbocycles. The number of carbonyl (C=O) groups is 3. The smallest absolute Gasteiger partial charge is 0.325 e. The number of nitrogens with two attached hydrogens (primary N) is 1. The van der Waals surface area contributed by atoms with Gasteiger partial charge in [0, 0.05) is 19.6 Å². The summed E-state index contributed by atoms with van der Waals surface area (Å²) in [6, 6.07) is -0.434. The topological polar surface area (TPSA) is 95.7 Å². The number of nitrogens with zero attached hydrogens (tertiary/aromatic N) is 2. The molecular weight excluding hydrogens is 344 g/mol. The molecule has 0 aromatic rings. The summed E-state index contributed by atoms with van der Waals surface area (Å²) in [5.74, 6) is 0.187. The molecule has 1 spiro atoms. The van der Waals surface area contributed by atoms with Gasteiger partial charge in [-0.2, -0.15) is 0 Å². The highest BCUT2D eigenvalue weighted by molar-refractivity contribution is 6.09. The minimum absolute atomic E-state index is 0.0196. The van der Waals surface area contributed by atoms with Gasteiger partial charge in [0.1, 0.15) is 12.1 Å². The Balaban J connectivity index is 2.02. The number of imide groups is 1. The zero-order chi connectivity index (χ0) is 20.6. The Hall–Kier alpha value is -1.63. The van der Waals surface area contributed by atoms with E-state index < -0.39 is 11.6 Å². The number of likely N-dealkylation sites (N-methyl/N-ethyl adjacent to an activating group) is 1. The summed E-state index contributed by atoms with van der Waals surface area (Å²) >= 11 is 0. The van der Waals surface area contributed by atoms with Crippen LogP contribution in [-0.2, 0) is 9.59 Å². The molecule has 1 aliphatic carbocycles. The standard InChI is InChI=1S/C20H36N4O3/c1-13(2)15(21)7-8-23(6)16(25)11-24-17(26)20(22-18(24)27)10-14(3)9-19(4,5)12-20/h13-15H,7-12,21H2,1-6H3,(H,22,27). The maximum absolute atomic E-state index is 13.1. The molecule has 0 aromatic heterocycles. The lowest BCUT2D eigenvalue weighted by atomic mass is 9.64. The molecule has 1 saturated heterocycles. The van der Waals surface area contributed by atoms with E-state index in [1.807, 2.05) is 13.8 Å². The van der Waals surface area contributed by atoms with Crippen molar-refractivity contribution in [1.82, 2.24) is 15.1 Å². The van der Waals surface area contributed by atoms with Gasteiger partial charge >= 0.3 is 6.03 Å². The third kappa shape index (κ3) is 4.81. The normalized spacial score (nSPS) is 28.6. The Morgan fingerprint density at radius 1 is 1.33 bits per heavy atom. The van der Waals surface area contributed by atoms with E-state index in [9.17, 15) is 14.4 Å². The summed E-state index contributed by atoms with van der Waals surface area (Å²) in [4.78, 5) is 40.8. The Labute approximate surface area is 163 Å². The number of hydrogen-bond acceptors (Lipinski definition) is 4. The highest BCUT2D eigenvalue weighted by Crippen LogP contribution is 2.46. The Morgan fingerprint density at radius 2 is 1.96 bits per heavy atom. The van der Waals surface area contributed by atoms with E-state index in [4.69, 9.17) is 5.73 Å². The molecule has 3 N–H and O–H groups in total. The minimum Gasteiger partial charge on any atom is -0.344 e. The molecule has 4 amide bonds. The third-order valence-corrected chi connectivity index (χ3v) is 6.00. The number of rotatable bonds is 6. The van der Waals surface area contributed by atoms with Crippen LogP contribution in [0.15, 0.2) is 0 Å². The van der Waals surface area contributed by atoms with Crippen molar-refractivity contribution in [2.75, 3.05) is 20.1 Å². The number of nitrogens with one attached hydrogen (secondary N) is 1. The molecule has 3 unspecified atom stereocenters. The van der Waals surface area contributed by atoms with Gasteiger partial charge < -0.3 is 16.0 Å². The molecule has 1 heterocycles. The van der Waals surface area contributed by atoms with Gasteiger partial charge in [0.2, 0.25) is 5.91 Å². The van der Waals surface area contributed by atoms with Gasteiger partial charge in [0.05, 0.1) is 0 Å². The van der Waals surface area contributed by atoms with Crippen molar-refractivity contribution >= 4 is 17.8 Å². The van der Waals surface area contributed by atoms with Gasteiger partial charge in [-0.05, 0) is 42.9 Å². The predicted molar refractivity (Wildman–Crippen MR) is 105 cm³/mol. The minimum atomic E-state index is -0.864. The van der Waals surface area contributed by atoms with Gasteiger partial charge in [-0.25, -0.2) is 4.79 Å². The number of hydrogen-bond donors (Lipinski definition) is 2. The van der Waals surface area contributed by atoms with Crippen molar-refractivity contribution in [3.8, 4) is 0 Å². The van der Waals surface area contributed by atoms with Gasteiger partial charge in [-0.15, -0.1) is 0 Å². The summed E-state index contributed by atoms with van der Waals surface area (Å²) in [5, 5.41) is 2.91. The van der Waals surface area contributed by atoms with Crippen LogP contribution in [-0.4, -0.2) is 59.4 Å². The lowest BCUT2D eigenvalue weighted by Gasteiger charge is -2.43. The molecule has 27 heavy (non-hydrogen) atoms. The molecule has 2 rings (SSSR count). The monoisotopic (exact) mass is 380 g/mol. The fraction of sp³-hybridized carbons (Fsp3) is 0.850. The predicted octanol–water partition coefficient (Wildman–Crippen LogP) is 1.96. The first-order chi connectivity index (χ1) is 12.4. The summed E-state index contributed by atoms with van der Waals surface area (Å²) < 4.78 is 0. The lowest BCUT2D eigenvalue weighted by Crippen LogP contribution is -2.54. The van der Waals surface area contributed by atoms with Crippen LogP contribution in [0, 0.1) is 17.3 Å². The highest BCUT2D eigenvalue weighted by Gasteiger charge is 2.56. The van der Waals surface area contributed by atoms with Crippen molar-refractivity contribution in [3.05, 3.63) is 0 Å². The van der Waals surface area contributed by atoms with Crippen molar-refractivity contribution < 1.29 is 14.4 Å². The van der Waals surface area contributed by atoms with E-state index in [0.717, 1.165) is 11.3 Å². The van der Waals surface area contributed by atoms with Crippen LogP contribution in [0.3, 0.4) is 0 Å². The quantitative estimate of drug-likeness (QED) is 0.689. The molecule has 0 aromatic carbocycles. The third-order valence-electron chi connectivity index (χ3n) is 6.00. The van der Waals surface area contributed by atoms with Crippen LogP contribution in [0.1, 0.15) is 60.3 Å². The first kappa shape index (κ1) is 21.7. The van der Waals surface area contributed by atoms with Gasteiger partial charge in [0.15, 0.2) is 0 Å². The Kier molecular flexibility index (Phi) is 6.24. The van der Waals surface area contributed by atoms with Crippen molar-refractivity contribution in [2.45, 2.75) is 71.9 Å². The maximum atomic E-state index is 13.1. The summed E-state index contributed by atoms with van der Waals surface area (Å²) in [6.07, 6.45) is 2.95. The van der Waals surface area contributed by atoms with Crippen LogP contribution in [0.2, 0.25) is 0 Å². The zero-order valence-corrected chi connectivity index (χ0v) is 17.7. The van der Waals surface area contributed by atoms with Crippen molar-refractivity contribution in [1.29, 1.82) is 0 Å². The second-order valence-corrected chi connectivity index (χ2v) is 9.77. The SMILES string of the molecule is CC1CC(C)(C)CC2(C1)NC(=O)N(CC(=O)N(C)CCC(N)C(C)C)C2=O. The van der Waals surface area contributed by atoms with E-state index in [-0.39, 0.29) is 29.8 Å². The largest absolute Gasteiger partial charge is 0.344 e. The van der Waals surface area contributed by atoms with E-state index in [1.165, 1.54) is 0 Å². The molecule has 7 nitrogen and oxygen atoms in total. The van der Waals surface area contributed by atoms with E-state index in [1.54, 1.807) is 11.9 Å². The first-order valence-corrected chi connectivity index (χ1v) is 10.0. The second-order valence-electron chi connectivity index (χ2n) is 9.77. The number of carbonyl (C=O) groups excluding carboxylic acids is 3. The average Bonchev–Trinajstić information content (AvgIpc) is 2.73. The molecule has 154 valence electrons. The fourth-order valence-corrected chi connectivity index (χ4v) is 4.71. The molecule has 0 bridgehead atoms. The molecule has 0 radical (unpaired) electrons. The Morgan fingerprint density at radius 3 is 2.52 bits per heavy atom. The van der Waals surface area contributed by atoms with Crippen LogP contribution in [0.5, 0.6) is 0 Å². The van der Waals surface area contributed by atoms with Crippen LogP contribution >= 0.6 is 0 Å².